The maximum atomic E-state index is 12.5. The third-order valence-corrected chi connectivity index (χ3v) is 4.41. The van der Waals surface area contributed by atoms with E-state index in [2.05, 4.69) is 12.2 Å². The zero-order chi connectivity index (χ0) is 13.9. The molecule has 0 bridgehead atoms. The lowest BCUT2D eigenvalue weighted by Gasteiger charge is -2.26. The summed E-state index contributed by atoms with van der Waals surface area (Å²) in [5.41, 5.74) is 7.64. The third kappa shape index (κ3) is 2.98. The Bertz CT molecular complexity index is 431. The number of anilines is 1. The largest absolute Gasteiger partial charge is 0.326 e. The van der Waals surface area contributed by atoms with E-state index in [0.717, 1.165) is 30.5 Å². The van der Waals surface area contributed by atoms with Gasteiger partial charge in [-0.3, -0.25) is 4.79 Å². The molecular formula is C16H24N2O. The molecule has 0 aromatic heterocycles. The van der Waals surface area contributed by atoms with Crippen LogP contribution in [0.2, 0.25) is 0 Å². The zero-order valence-electron chi connectivity index (χ0n) is 11.9. The molecular weight excluding hydrogens is 236 g/mol. The van der Waals surface area contributed by atoms with E-state index < -0.39 is 0 Å². The van der Waals surface area contributed by atoms with Crippen LogP contribution < -0.4 is 11.1 Å². The first-order valence-corrected chi connectivity index (χ1v) is 7.24. The Kier molecular flexibility index (Phi) is 4.25. The van der Waals surface area contributed by atoms with Gasteiger partial charge in [0.05, 0.1) is 0 Å². The van der Waals surface area contributed by atoms with Gasteiger partial charge in [0.1, 0.15) is 0 Å². The highest BCUT2D eigenvalue weighted by atomic mass is 16.2. The number of hydrogen-bond donors (Lipinski definition) is 2. The predicted molar refractivity (Wildman–Crippen MR) is 78.9 cm³/mol. The summed E-state index contributed by atoms with van der Waals surface area (Å²) in [6, 6.07) is 7.87. The first kappa shape index (κ1) is 14.1. The van der Waals surface area contributed by atoms with E-state index in [9.17, 15) is 4.79 Å². The van der Waals surface area contributed by atoms with Gasteiger partial charge in [-0.25, -0.2) is 0 Å². The monoisotopic (exact) mass is 260 g/mol. The van der Waals surface area contributed by atoms with E-state index in [0.29, 0.717) is 0 Å². The van der Waals surface area contributed by atoms with Crippen molar-refractivity contribution in [2.45, 2.75) is 52.0 Å². The summed E-state index contributed by atoms with van der Waals surface area (Å²) in [6.07, 6.45) is 5.31. The van der Waals surface area contributed by atoms with Crippen LogP contribution in [0, 0.1) is 5.41 Å². The lowest BCUT2D eigenvalue weighted by atomic mass is 9.82. The number of carbonyl (C=O) groups excluding carboxylic acids is 1. The fourth-order valence-electron chi connectivity index (χ4n) is 2.93. The number of carbonyl (C=O) groups is 1. The predicted octanol–water partition coefficient (Wildman–Crippen LogP) is 3.62. The Labute approximate surface area is 115 Å². The topological polar surface area (TPSA) is 55.1 Å². The van der Waals surface area contributed by atoms with E-state index in [1.807, 2.05) is 31.2 Å². The van der Waals surface area contributed by atoms with Gasteiger partial charge in [0.25, 0.3) is 0 Å². The Morgan fingerprint density at radius 1 is 1.32 bits per heavy atom. The van der Waals surface area contributed by atoms with Crippen LogP contribution in [0.15, 0.2) is 24.3 Å². The van der Waals surface area contributed by atoms with Gasteiger partial charge in [-0.05, 0) is 43.9 Å². The van der Waals surface area contributed by atoms with E-state index in [1.54, 1.807) is 0 Å². The molecule has 1 saturated carbocycles. The van der Waals surface area contributed by atoms with Crippen molar-refractivity contribution in [1.29, 1.82) is 0 Å². The molecule has 1 aliphatic rings. The minimum atomic E-state index is -0.139. The SMILES string of the molecule is CCC1(C(=O)Nc2ccc(C(C)N)cc2)CCCC1. The summed E-state index contributed by atoms with van der Waals surface area (Å²) in [6.45, 7) is 4.07. The van der Waals surface area contributed by atoms with Gasteiger partial charge in [0.15, 0.2) is 0 Å². The van der Waals surface area contributed by atoms with E-state index in [4.69, 9.17) is 5.73 Å². The number of nitrogens with two attached hydrogens (primary N) is 1. The Hall–Kier alpha value is -1.35. The Morgan fingerprint density at radius 3 is 2.37 bits per heavy atom. The first-order chi connectivity index (χ1) is 9.07. The van der Waals surface area contributed by atoms with Crippen molar-refractivity contribution in [2.75, 3.05) is 5.32 Å². The van der Waals surface area contributed by atoms with Gasteiger partial charge in [-0.1, -0.05) is 31.9 Å². The highest BCUT2D eigenvalue weighted by Crippen LogP contribution is 2.41. The third-order valence-electron chi connectivity index (χ3n) is 4.41. The summed E-state index contributed by atoms with van der Waals surface area (Å²) in [5.74, 6) is 0.182. The molecule has 3 nitrogen and oxygen atoms in total. The molecule has 1 atom stereocenters. The Morgan fingerprint density at radius 2 is 1.89 bits per heavy atom. The standard InChI is InChI=1S/C16H24N2O/c1-3-16(10-4-5-11-16)15(19)18-14-8-6-13(7-9-14)12(2)17/h6-9,12H,3-5,10-11,17H2,1-2H3,(H,18,19). The molecule has 104 valence electrons. The summed E-state index contributed by atoms with van der Waals surface area (Å²) in [5, 5.41) is 3.06. The van der Waals surface area contributed by atoms with Gasteiger partial charge in [0, 0.05) is 17.1 Å². The molecule has 1 aromatic rings. The molecule has 0 aliphatic heterocycles. The van der Waals surface area contributed by atoms with Crippen LogP contribution in [0.4, 0.5) is 5.69 Å². The smallest absolute Gasteiger partial charge is 0.230 e. The highest BCUT2D eigenvalue weighted by Gasteiger charge is 2.39. The lowest BCUT2D eigenvalue weighted by Crippen LogP contribution is -2.33. The van der Waals surface area contributed by atoms with Crippen molar-refractivity contribution in [3.63, 3.8) is 0 Å². The van der Waals surface area contributed by atoms with E-state index in [-0.39, 0.29) is 17.4 Å². The second-order valence-corrected chi connectivity index (χ2v) is 5.71. The fourth-order valence-corrected chi connectivity index (χ4v) is 2.93. The van der Waals surface area contributed by atoms with Crippen molar-refractivity contribution in [1.82, 2.24) is 0 Å². The number of nitrogens with one attached hydrogen (secondary N) is 1. The molecule has 1 amide bonds. The molecule has 3 N–H and O–H groups in total. The van der Waals surface area contributed by atoms with Crippen LogP contribution in [0.1, 0.15) is 57.6 Å². The molecule has 2 rings (SSSR count). The highest BCUT2D eigenvalue weighted by molar-refractivity contribution is 5.95. The number of hydrogen-bond acceptors (Lipinski definition) is 2. The molecule has 3 heteroatoms. The molecule has 1 unspecified atom stereocenters. The minimum absolute atomic E-state index is 0.0292. The molecule has 0 heterocycles. The van der Waals surface area contributed by atoms with Crippen LogP contribution >= 0.6 is 0 Å². The van der Waals surface area contributed by atoms with Crippen molar-refractivity contribution in [2.24, 2.45) is 11.1 Å². The quantitative estimate of drug-likeness (QED) is 0.868. The number of benzene rings is 1. The van der Waals surface area contributed by atoms with Gasteiger partial charge in [-0.2, -0.15) is 0 Å². The average molecular weight is 260 g/mol. The van der Waals surface area contributed by atoms with Gasteiger partial charge >= 0.3 is 0 Å². The van der Waals surface area contributed by atoms with Crippen LogP contribution in [-0.4, -0.2) is 5.91 Å². The normalized spacial score (nSPS) is 19.1. The number of amides is 1. The second-order valence-electron chi connectivity index (χ2n) is 5.71. The summed E-state index contributed by atoms with van der Waals surface area (Å²) in [4.78, 5) is 12.5. The van der Waals surface area contributed by atoms with Crippen molar-refractivity contribution < 1.29 is 4.79 Å². The average Bonchev–Trinajstić information content (AvgIpc) is 2.89. The zero-order valence-corrected chi connectivity index (χ0v) is 11.9. The number of rotatable bonds is 4. The van der Waals surface area contributed by atoms with Crippen LogP contribution in [0.25, 0.3) is 0 Å². The maximum absolute atomic E-state index is 12.5. The van der Waals surface area contributed by atoms with Crippen LogP contribution in [0.5, 0.6) is 0 Å². The molecule has 0 saturated heterocycles. The lowest BCUT2D eigenvalue weighted by molar-refractivity contribution is -0.125. The van der Waals surface area contributed by atoms with Gasteiger partial charge in [0.2, 0.25) is 5.91 Å². The summed E-state index contributed by atoms with van der Waals surface area (Å²) < 4.78 is 0. The minimum Gasteiger partial charge on any atom is -0.326 e. The van der Waals surface area contributed by atoms with E-state index >= 15 is 0 Å². The molecule has 1 aromatic carbocycles. The molecule has 0 radical (unpaired) electrons. The van der Waals surface area contributed by atoms with Gasteiger partial charge < -0.3 is 11.1 Å². The first-order valence-electron chi connectivity index (χ1n) is 7.24. The van der Waals surface area contributed by atoms with Crippen molar-refractivity contribution >= 4 is 11.6 Å². The molecule has 1 fully saturated rings. The maximum Gasteiger partial charge on any atom is 0.230 e. The van der Waals surface area contributed by atoms with E-state index in [1.165, 1.54) is 12.8 Å². The van der Waals surface area contributed by atoms with Crippen LogP contribution in [0.3, 0.4) is 0 Å². The molecule has 19 heavy (non-hydrogen) atoms. The van der Waals surface area contributed by atoms with Crippen LogP contribution in [-0.2, 0) is 4.79 Å². The van der Waals surface area contributed by atoms with Gasteiger partial charge in [-0.15, -0.1) is 0 Å². The Balaban J connectivity index is 2.06. The van der Waals surface area contributed by atoms with Crippen molar-refractivity contribution in [3.8, 4) is 0 Å². The summed E-state index contributed by atoms with van der Waals surface area (Å²) >= 11 is 0. The molecule has 1 aliphatic carbocycles. The summed E-state index contributed by atoms with van der Waals surface area (Å²) in [7, 11) is 0. The van der Waals surface area contributed by atoms with Crippen molar-refractivity contribution in [3.05, 3.63) is 29.8 Å². The fraction of sp³-hybridized carbons (Fsp3) is 0.562. The molecule has 0 spiro atoms. The second kappa shape index (κ2) is 5.74.